The zero-order valence-electron chi connectivity index (χ0n) is 16.1. The van der Waals surface area contributed by atoms with E-state index in [1.807, 2.05) is 24.3 Å². The molecule has 32 heavy (non-hydrogen) atoms. The van der Waals surface area contributed by atoms with E-state index in [2.05, 4.69) is 49.0 Å². The quantitative estimate of drug-likeness (QED) is 0.179. The van der Waals surface area contributed by atoms with E-state index in [1.165, 1.54) is 12.3 Å². The zero-order chi connectivity index (χ0) is 23.3. The van der Waals surface area contributed by atoms with Gasteiger partial charge in [0.15, 0.2) is 5.75 Å². The van der Waals surface area contributed by atoms with Gasteiger partial charge in [-0.25, -0.2) is 5.43 Å². The monoisotopic (exact) mass is 636 g/mol. The van der Waals surface area contributed by atoms with Crippen molar-refractivity contribution in [3.8, 4) is 5.75 Å². The molecule has 3 aromatic rings. The number of halogens is 6. The third-order valence-electron chi connectivity index (χ3n) is 4.15. The number of amides is 1. The highest BCUT2D eigenvalue weighted by atomic mass is 127. The van der Waals surface area contributed by atoms with Crippen molar-refractivity contribution < 1.29 is 22.7 Å². The van der Waals surface area contributed by atoms with Gasteiger partial charge in [-0.2, -0.15) is 18.3 Å². The number of alkyl halides is 3. The topological polar surface area (TPSA) is 50.7 Å². The summed E-state index contributed by atoms with van der Waals surface area (Å²) in [7, 11) is 0. The maximum absolute atomic E-state index is 12.8. The third kappa shape index (κ3) is 6.69. The molecule has 0 aliphatic rings. The normalized spacial score (nSPS) is 11.6. The summed E-state index contributed by atoms with van der Waals surface area (Å²) in [6.45, 7) is 0.329. The van der Waals surface area contributed by atoms with Gasteiger partial charge in [-0.15, -0.1) is 0 Å². The van der Waals surface area contributed by atoms with Gasteiger partial charge in [0, 0.05) is 9.13 Å². The molecule has 0 spiro atoms. The lowest BCUT2D eigenvalue weighted by molar-refractivity contribution is -0.137. The lowest BCUT2D eigenvalue weighted by Crippen LogP contribution is -2.18. The van der Waals surface area contributed by atoms with Gasteiger partial charge >= 0.3 is 6.18 Å². The molecule has 166 valence electrons. The summed E-state index contributed by atoms with van der Waals surface area (Å²) >= 11 is 11.9. The van der Waals surface area contributed by atoms with E-state index in [1.54, 1.807) is 12.1 Å². The second kappa shape index (κ2) is 10.7. The van der Waals surface area contributed by atoms with Crippen LogP contribution in [0.4, 0.5) is 13.2 Å². The van der Waals surface area contributed by atoms with Crippen molar-refractivity contribution in [3.63, 3.8) is 0 Å². The Labute approximate surface area is 209 Å². The molecule has 0 bridgehead atoms. The van der Waals surface area contributed by atoms with E-state index in [0.29, 0.717) is 27.4 Å². The molecule has 3 rings (SSSR count). The van der Waals surface area contributed by atoms with Crippen LogP contribution in [0, 0.1) is 3.57 Å². The highest BCUT2D eigenvalue weighted by molar-refractivity contribution is 14.1. The number of hydrogen-bond donors (Lipinski definition) is 1. The summed E-state index contributed by atoms with van der Waals surface area (Å²) in [6, 6.07) is 15.2. The molecule has 1 N–H and O–H groups in total. The van der Waals surface area contributed by atoms with Gasteiger partial charge in [0.2, 0.25) is 0 Å². The van der Waals surface area contributed by atoms with Crippen molar-refractivity contribution in [2.45, 2.75) is 12.8 Å². The van der Waals surface area contributed by atoms with Crippen molar-refractivity contribution in [1.82, 2.24) is 5.43 Å². The first kappa shape index (κ1) is 24.5. The number of carbonyl (C=O) groups excluding carboxylic acids is 1. The van der Waals surface area contributed by atoms with Crippen LogP contribution in [0.5, 0.6) is 5.75 Å². The van der Waals surface area contributed by atoms with Crippen LogP contribution in [0.2, 0.25) is 5.02 Å². The standard InChI is InChI=1S/C22H14BrClF3IN2O2/c23-18-8-14(9-19(24)20(18)32-12-13-4-6-17(28)7-5-13)11-29-30-21(31)15-2-1-3-16(10-15)22(25,26)27/h1-11H,12H2,(H,30,31)/b29-11-. The summed E-state index contributed by atoms with van der Waals surface area (Å²) < 4.78 is 45.9. The van der Waals surface area contributed by atoms with Gasteiger partial charge in [0.05, 0.1) is 21.3 Å². The van der Waals surface area contributed by atoms with Gasteiger partial charge in [0.1, 0.15) is 6.61 Å². The average molecular weight is 638 g/mol. The Morgan fingerprint density at radius 3 is 2.53 bits per heavy atom. The molecular weight excluding hydrogens is 624 g/mol. The van der Waals surface area contributed by atoms with Crippen molar-refractivity contribution >= 4 is 62.2 Å². The van der Waals surface area contributed by atoms with Crippen LogP contribution in [0.25, 0.3) is 0 Å². The number of carbonyl (C=O) groups is 1. The molecule has 0 unspecified atom stereocenters. The summed E-state index contributed by atoms with van der Waals surface area (Å²) in [4.78, 5) is 12.1. The predicted octanol–water partition coefficient (Wildman–Crippen LogP) is 7.07. The fraction of sp³-hybridized carbons (Fsp3) is 0.0909. The molecule has 10 heteroatoms. The van der Waals surface area contributed by atoms with E-state index < -0.39 is 17.6 Å². The first-order valence-corrected chi connectivity index (χ1v) is 11.3. The molecule has 0 aromatic heterocycles. The van der Waals surface area contributed by atoms with Crippen molar-refractivity contribution in [1.29, 1.82) is 0 Å². The van der Waals surface area contributed by atoms with Gasteiger partial charge in [-0.05, 0) is 92.1 Å². The maximum atomic E-state index is 12.8. The van der Waals surface area contributed by atoms with Crippen LogP contribution in [-0.4, -0.2) is 12.1 Å². The van der Waals surface area contributed by atoms with Crippen LogP contribution in [0.15, 0.2) is 70.2 Å². The minimum atomic E-state index is -4.54. The molecule has 0 radical (unpaired) electrons. The Hall–Kier alpha value is -2.11. The Balaban J connectivity index is 1.65. The van der Waals surface area contributed by atoms with Gasteiger partial charge < -0.3 is 4.74 Å². The number of ether oxygens (including phenoxy) is 1. The number of nitrogens with zero attached hydrogens (tertiary/aromatic N) is 1. The third-order valence-corrected chi connectivity index (χ3v) is 5.74. The summed E-state index contributed by atoms with van der Waals surface area (Å²) in [6.07, 6.45) is -3.21. The first-order valence-electron chi connectivity index (χ1n) is 9.00. The molecule has 0 heterocycles. The van der Waals surface area contributed by atoms with Crippen molar-refractivity contribution in [3.05, 3.63) is 96.0 Å². The molecule has 0 atom stereocenters. The van der Waals surface area contributed by atoms with Crippen LogP contribution >= 0.6 is 50.1 Å². The van der Waals surface area contributed by atoms with E-state index in [-0.39, 0.29) is 5.56 Å². The number of benzene rings is 3. The van der Waals surface area contributed by atoms with Crippen molar-refractivity contribution in [2.24, 2.45) is 5.10 Å². The van der Waals surface area contributed by atoms with Crippen LogP contribution < -0.4 is 10.2 Å². The summed E-state index contributed by atoms with van der Waals surface area (Å²) in [5.74, 6) is -0.314. The highest BCUT2D eigenvalue weighted by Crippen LogP contribution is 2.35. The molecule has 0 aliphatic heterocycles. The molecule has 4 nitrogen and oxygen atoms in total. The fourth-order valence-electron chi connectivity index (χ4n) is 2.59. The minimum Gasteiger partial charge on any atom is -0.486 e. The zero-order valence-corrected chi connectivity index (χ0v) is 20.6. The van der Waals surface area contributed by atoms with Gasteiger partial charge in [0.25, 0.3) is 5.91 Å². The Kier molecular flexibility index (Phi) is 8.18. The smallest absolute Gasteiger partial charge is 0.416 e. The molecule has 3 aromatic carbocycles. The van der Waals surface area contributed by atoms with E-state index in [9.17, 15) is 18.0 Å². The number of hydrogen-bond acceptors (Lipinski definition) is 3. The second-order valence-electron chi connectivity index (χ2n) is 6.51. The average Bonchev–Trinajstić information content (AvgIpc) is 2.74. The SMILES string of the molecule is O=C(N/N=C\c1cc(Cl)c(OCc2ccc(I)cc2)c(Br)c1)c1cccc(C(F)(F)F)c1. The predicted molar refractivity (Wildman–Crippen MR) is 129 cm³/mol. The maximum Gasteiger partial charge on any atom is 0.416 e. The number of nitrogens with one attached hydrogen (secondary N) is 1. The lowest BCUT2D eigenvalue weighted by Gasteiger charge is -2.11. The lowest BCUT2D eigenvalue weighted by atomic mass is 10.1. The van der Waals surface area contributed by atoms with E-state index in [4.69, 9.17) is 16.3 Å². The molecule has 1 amide bonds. The molecule has 0 fully saturated rings. The fourth-order valence-corrected chi connectivity index (χ4v) is 3.94. The summed E-state index contributed by atoms with van der Waals surface area (Å²) in [5, 5.41) is 4.13. The molecule has 0 saturated carbocycles. The molecule has 0 aliphatic carbocycles. The van der Waals surface area contributed by atoms with Gasteiger partial charge in [-0.1, -0.05) is 29.8 Å². The second-order valence-corrected chi connectivity index (χ2v) is 9.01. The minimum absolute atomic E-state index is 0.157. The van der Waals surface area contributed by atoms with Crippen LogP contribution in [-0.2, 0) is 12.8 Å². The molecular formula is C22H14BrClF3IN2O2. The molecule has 0 saturated heterocycles. The number of hydrazone groups is 1. The van der Waals surface area contributed by atoms with Crippen LogP contribution in [0.1, 0.15) is 27.0 Å². The van der Waals surface area contributed by atoms with E-state index >= 15 is 0 Å². The largest absolute Gasteiger partial charge is 0.486 e. The summed E-state index contributed by atoms with van der Waals surface area (Å²) in [5.41, 5.74) is 2.67. The first-order chi connectivity index (χ1) is 15.1. The number of rotatable bonds is 6. The Morgan fingerprint density at radius 1 is 1.16 bits per heavy atom. The van der Waals surface area contributed by atoms with Gasteiger partial charge in [-0.3, -0.25) is 4.79 Å². The Morgan fingerprint density at radius 2 is 1.88 bits per heavy atom. The van der Waals surface area contributed by atoms with Crippen LogP contribution in [0.3, 0.4) is 0 Å². The highest BCUT2D eigenvalue weighted by Gasteiger charge is 2.30. The van der Waals surface area contributed by atoms with Crippen molar-refractivity contribution in [2.75, 3.05) is 0 Å². The van der Waals surface area contributed by atoms with E-state index in [0.717, 1.165) is 27.3 Å². The Bertz CT molecular complexity index is 1130.